The van der Waals surface area contributed by atoms with E-state index in [0.717, 1.165) is 34.0 Å². The fourth-order valence-electron chi connectivity index (χ4n) is 2.78. The molecule has 2 heterocycles. The minimum Gasteiger partial charge on any atom is -0.317 e. The lowest BCUT2D eigenvalue weighted by Crippen LogP contribution is -3.14. The Kier molecular flexibility index (Phi) is 5.20. The van der Waals surface area contributed by atoms with Gasteiger partial charge in [0.2, 0.25) is 0 Å². The molecule has 1 N–H and O–H groups in total. The van der Waals surface area contributed by atoms with Crippen LogP contribution in [0, 0.1) is 3.57 Å². The molecule has 6 heteroatoms. The number of benzene rings is 1. The number of hydrogen-bond acceptors (Lipinski definition) is 3. The number of rotatable bonds is 3. The number of nitrogens with one attached hydrogen (secondary N) is 1. The normalized spacial score (nSPS) is 21.9. The van der Waals surface area contributed by atoms with Gasteiger partial charge in [-0.25, -0.2) is 4.90 Å². The van der Waals surface area contributed by atoms with Crippen LogP contribution in [-0.2, 0) is 4.79 Å². The Labute approximate surface area is 148 Å². The molecule has 22 heavy (non-hydrogen) atoms. The summed E-state index contributed by atoms with van der Waals surface area (Å²) in [6, 6.07) is 7.92. The third-order valence-corrected chi connectivity index (χ3v) is 5.61. The summed E-state index contributed by atoms with van der Waals surface area (Å²) in [4.78, 5) is 27.9. The van der Waals surface area contributed by atoms with Crippen LogP contribution in [0.15, 0.2) is 29.2 Å². The molecule has 3 rings (SSSR count). The molecule has 0 atom stereocenters. The first kappa shape index (κ1) is 16.0. The lowest BCUT2D eigenvalue weighted by atomic mass is 10.1. The van der Waals surface area contributed by atoms with Crippen molar-refractivity contribution in [2.45, 2.75) is 19.3 Å². The summed E-state index contributed by atoms with van der Waals surface area (Å²) in [7, 11) is 0. The van der Waals surface area contributed by atoms with Crippen LogP contribution < -0.4 is 4.90 Å². The number of likely N-dealkylation sites (tertiary alicyclic amines) is 1. The Morgan fingerprint density at radius 3 is 2.50 bits per heavy atom. The number of hydrogen-bond donors (Lipinski definition) is 1. The summed E-state index contributed by atoms with van der Waals surface area (Å²) >= 11 is 3.30. The van der Waals surface area contributed by atoms with E-state index in [2.05, 4.69) is 22.6 Å². The molecule has 2 fully saturated rings. The summed E-state index contributed by atoms with van der Waals surface area (Å²) in [6.07, 6.45) is 5.44. The number of carbonyl (C=O) groups excluding carboxylic acids is 2. The Morgan fingerprint density at radius 2 is 1.82 bits per heavy atom. The van der Waals surface area contributed by atoms with E-state index in [1.807, 2.05) is 30.3 Å². The van der Waals surface area contributed by atoms with Gasteiger partial charge < -0.3 is 4.90 Å². The van der Waals surface area contributed by atoms with Crippen LogP contribution in [-0.4, -0.2) is 35.8 Å². The van der Waals surface area contributed by atoms with E-state index in [1.165, 1.54) is 29.1 Å². The van der Waals surface area contributed by atoms with Crippen molar-refractivity contribution in [2.24, 2.45) is 0 Å². The minimum absolute atomic E-state index is 0.139. The van der Waals surface area contributed by atoms with Crippen molar-refractivity contribution in [3.05, 3.63) is 38.3 Å². The number of quaternary nitrogens is 1. The molecular weight excluding hydrogens is 411 g/mol. The lowest BCUT2D eigenvalue weighted by molar-refractivity contribution is -0.912. The summed E-state index contributed by atoms with van der Waals surface area (Å²) in [5.41, 5.74) is 0.955. The monoisotopic (exact) mass is 429 g/mol. The van der Waals surface area contributed by atoms with Gasteiger partial charge in [-0.05, 0) is 77.4 Å². The van der Waals surface area contributed by atoms with Crippen LogP contribution in [0.2, 0.25) is 0 Å². The Hall–Kier alpha value is -0.860. The number of carbonyl (C=O) groups is 2. The molecule has 0 bridgehead atoms. The van der Waals surface area contributed by atoms with Crippen LogP contribution in [0.5, 0.6) is 0 Å². The largest absolute Gasteiger partial charge is 0.317 e. The highest BCUT2D eigenvalue weighted by Crippen LogP contribution is 2.31. The van der Waals surface area contributed by atoms with Crippen molar-refractivity contribution in [2.75, 3.05) is 19.8 Å². The molecule has 0 radical (unpaired) electrons. The maximum atomic E-state index is 12.5. The number of thioether (sulfide) groups is 1. The third kappa shape index (κ3) is 3.72. The first-order valence-corrected chi connectivity index (χ1v) is 9.37. The molecule has 2 aliphatic rings. The van der Waals surface area contributed by atoms with Crippen molar-refractivity contribution < 1.29 is 14.5 Å². The molecule has 1 aromatic carbocycles. The standard InChI is InChI=1S/C16H17IN2O2S/c17-13-6-4-12(5-7-13)10-14-15(20)19(16(21)22-14)11-18-8-2-1-3-9-18/h4-7,10H,1-3,8-9,11H2/p+1/b14-10+. The fraction of sp³-hybridized carbons (Fsp3) is 0.375. The topological polar surface area (TPSA) is 41.8 Å². The van der Waals surface area contributed by atoms with Crippen LogP contribution in [0.4, 0.5) is 4.79 Å². The fourth-order valence-corrected chi connectivity index (χ4v) is 3.98. The van der Waals surface area contributed by atoms with Gasteiger partial charge in [0, 0.05) is 3.57 Å². The molecule has 0 aromatic heterocycles. The average molecular weight is 429 g/mol. The van der Waals surface area contributed by atoms with E-state index in [9.17, 15) is 9.59 Å². The van der Waals surface area contributed by atoms with Crippen LogP contribution in [0.3, 0.4) is 0 Å². The number of amides is 2. The average Bonchev–Trinajstić information content (AvgIpc) is 2.78. The molecule has 0 aliphatic carbocycles. The second-order valence-corrected chi connectivity index (χ2v) is 7.87. The van der Waals surface area contributed by atoms with Gasteiger partial charge in [0.1, 0.15) is 0 Å². The Bertz CT molecular complexity index is 609. The Balaban J connectivity index is 1.71. The smallest absolute Gasteiger partial charge is 0.298 e. The quantitative estimate of drug-likeness (QED) is 0.593. The van der Waals surface area contributed by atoms with E-state index in [-0.39, 0.29) is 11.1 Å². The van der Waals surface area contributed by atoms with Crippen molar-refractivity contribution >= 4 is 51.6 Å². The van der Waals surface area contributed by atoms with Crippen LogP contribution in [0.25, 0.3) is 6.08 Å². The maximum Gasteiger partial charge on any atom is 0.298 e. The van der Waals surface area contributed by atoms with Crippen molar-refractivity contribution in [3.8, 4) is 0 Å². The summed E-state index contributed by atoms with van der Waals surface area (Å²) in [5.74, 6) is -0.147. The van der Waals surface area contributed by atoms with Gasteiger partial charge >= 0.3 is 0 Å². The first-order chi connectivity index (χ1) is 10.6. The van der Waals surface area contributed by atoms with Gasteiger partial charge in [-0.15, -0.1) is 0 Å². The predicted molar refractivity (Wildman–Crippen MR) is 96.4 cm³/mol. The molecule has 2 saturated heterocycles. The summed E-state index contributed by atoms with van der Waals surface area (Å²) in [5, 5.41) is -0.139. The van der Waals surface area contributed by atoms with E-state index >= 15 is 0 Å². The molecule has 0 saturated carbocycles. The third-order valence-electron chi connectivity index (χ3n) is 3.98. The highest BCUT2D eigenvalue weighted by atomic mass is 127. The molecule has 4 nitrogen and oxygen atoms in total. The molecule has 1 aromatic rings. The van der Waals surface area contributed by atoms with Crippen LogP contribution >= 0.6 is 34.4 Å². The van der Waals surface area contributed by atoms with Gasteiger partial charge in [-0.2, -0.15) is 0 Å². The van der Waals surface area contributed by atoms with Gasteiger partial charge in [0.05, 0.1) is 18.0 Å². The lowest BCUT2D eigenvalue weighted by Gasteiger charge is -2.26. The zero-order valence-electron chi connectivity index (χ0n) is 12.2. The van der Waals surface area contributed by atoms with Crippen molar-refractivity contribution in [3.63, 3.8) is 0 Å². The Morgan fingerprint density at radius 1 is 1.14 bits per heavy atom. The van der Waals surface area contributed by atoms with Gasteiger partial charge in [-0.3, -0.25) is 9.59 Å². The molecule has 116 valence electrons. The second kappa shape index (κ2) is 7.14. The number of nitrogens with zero attached hydrogens (tertiary/aromatic N) is 1. The molecule has 0 unspecified atom stereocenters. The summed E-state index contributed by atoms with van der Waals surface area (Å²) < 4.78 is 1.15. The molecule has 2 amide bonds. The highest BCUT2D eigenvalue weighted by Gasteiger charge is 2.37. The van der Waals surface area contributed by atoms with E-state index in [4.69, 9.17) is 0 Å². The van der Waals surface area contributed by atoms with Crippen molar-refractivity contribution in [1.29, 1.82) is 0 Å². The first-order valence-electron chi connectivity index (χ1n) is 7.48. The molecular formula is C16H18IN2O2S+. The molecule has 0 spiro atoms. The predicted octanol–water partition coefficient (Wildman–Crippen LogP) is 2.35. The zero-order valence-corrected chi connectivity index (χ0v) is 15.2. The molecule has 2 aliphatic heterocycles. The number of piperidine rings is 1. The van der Waals surface area contributed by atoms with E-state index < -0.39 is 0 Å². The number of imide groups is 1. The van der Waals surface area contributed by atoms with Gasteiger partial charge in [0.25, 0.3) is 11.1 Å². The minimum atomic E-state index is -0.147. The second-order valence-electron chi connectivity index (χ2n) is 5.63. The SMILES string of the molecule is O=C1S/C(=C/c2ccc(I)cc2)C(=O)N1C[NH+]1CCCCC1. The van der Waals surface area contributed by atoms with Crippen LogP contribution in [0.1, 0.15) is 24.8 Å². The number of halogens is 1. The van der Waals surface area contributed by atoms with E-state index in [0.29, 0.717) is 11.6 Å². The van der Waals surface area contributed by atoms with Gasteiger partial charge in [0.15, 0.2) is 6.67 Å². The van der Waals surface area contributed by atoms with E-state index in [1.54, 1.807) is 0 Å². The van der Waals surface area contributed by atoms with Crippen molar-refractivity contribution in [1.82, 2.24) is 4.90 Å². The highest BCUT2D eigenvalue weighted by molar-refractivity contribution is 14.1. The maximum absolute atomic E-state index is 12.5. The zero-order chi connectivity index (χ0) is 15.5. The summed E-state index contributed by atoms with van der Waals surface area (Å²) in [6.45, 7) is 2.62. The van der Waals surface area contributed by atoms with Gasteiger partial charge in [-0.1, -0.05) is 12.1 Å².